The molecule has 0 saturated carbocycles. The molecule has 4 heteroatoms. The normalized spacial score (nSPS) is 17.6. The number of rotatable bonds is 9. The molecule has 1 aromatic carbocycles. The molecule has 1 aliphatic rings. The molecule has 3 nitrogen and oxygen atoms in total. The molecule has 106 valence electrons. The summed E-state index contributed by atoms with van der Waals surface area (Å²) in [5.74, 6) is 0. The van der Waals surface area contributed by atoms with Crippen molar-refractivity contribution in [1.29, 1.82) is 0 Å². The van der Waals surface area contributed by atoms with Gasteiger partial charge in [-0.25, -0.2) is 0 Å². The van der Waals surface area contributed by atoms with Gasteiger partial charge in [-0.3, -0.25) is 0 Å². The number of nitrogens with one attached hydrogen (secondary N) is 1. The highest BCUT2D eigenvalue weighted by Crippen LogP contribution is 2.36. The minimum atomic E-state index is 0.685. The van der Waals surface area contributed by atoms with Gasteiger partial charge in [0.05, 0.1) is 13.2 Å². The monoisotopic (exact) mass is 281 g/mol. The number of methoxy groups -OCH3 is 1. The number of fused-ring (bicyclic) bond motifs is 1. The molecule has 1 unspecified atom stereocenters. The van der Waals surface area contributed by atoms with Crippen LogP contribution < -0.4 is 5.32 Å². The van der Waals surface area contributed by atoms with Gasteiger partial charge in [-0.15, -0.1) is 11.8 Å². The van der Waals surface area contributed by atoms with Crippen LogP contribution in [-0.2, 0) is 15.9 Å². The predicted octanol–water partition coefficient (Wildman–Crippen LogP) is 2.35. The summed E-state index contributed by atoms with van der Waals surface area (Å²) in [5, 5.41) is 4.21. The van der Waals surface area contributed by atoms with E-state index in [0.29, 0.717) is 18.5 Å². The van der Waals surface area contributed by atoms with E-state index in [1.165, 1.54) is 16.9 Å². The molecule has 1 atom stereocenters. The van der Waals surface area contributed by atoms with Gasteiger partial charge in [-0.05, 0) is 31.0 Å². The molecule has 0 radical (unpaired) electrons. The second kappa shape index (κ2) is 8.59. The molecule has 0 amide bonds. The number of ether oxygens (including phenoxy) is 2. The molecule has 0 aromatic heterocycles. The van der Waals surface area contributed by atoms with Crippen LogP contribution in [0.25, 0.3) is 0 Å². The van der Waals surface area contributed by atoms with Crippen LogP contribution in [0.4, 0.5) is 0 Å². The van der Waals surface area contributed by atoms with E-state index >= 15 is 0 Å². The summed E-state index contributed by atoms with van der Waals surface area (Å²) < 4.78 is 10.4. The third-order valence-electron chi connectivity index (χ3n) is 3.16. The van der Waals surface area contributed by atoms with E-state index in [9.17, 15) is 0 Å². The Morgan fingerprint density at radius 1 is 1.26 bits per heavy atom. The molecule has 0 bridgehead atoms. The SMILES string of the molecule is COCCOCCCNCC1Cc2ccccc2S1. The maximum Gasteiger partial charge on any atom is 0.0700 e. The van der Waals surface area contributed by atoms with Gasteiger partial charge in [-0.2, -0.15) is 0 Å². The fraction of sp³-hybridized carbons (Fsp3) is 0.600. The standard InChI is InChI=1S/C15H23NO2S/c1-17-9-10-18-8-4-7-16-12-14-11-13-5-2-3-6-15(13)19-14/h2-3,5-6,14,16H,4,7-12H2,1H3. The Morgan fingerprint density at radius 2 is 2.16 bits per heavy atom. The van der Waals surface area contributed by atoms with Crippen molar-refractivity contribution in [2.75, 3.05) is 40.0 Å². The quantitative estimate of drug-likeness (QED) is 0.704. The van der Waals surface area contributed by atoms with Gasteiger partial charge < -0.3 is 14.8 Å². The van der Waals surface area contributed by atoms with Gasteiger partial charge in [0, 0.05) is 30.4 Å². The third-order valence-corrected chi connectivity index (χ3v) is 4.48. The van der Waals surface area contributed by atoms with E-state index in [2.05, 4.69) is 29.6 Å². The van der Waals surface area contributed by atoms with Gasteiger partial charge in [0.15, 0.2) is 0 Å². The van der Waals surface area contributed by atoms with Crippen molar-refractivity contribution in [3.8, 4) is 0 Å². The lowest BCUT2D eigenvalue weighted by Crippen LogP contribution is -2.26. The lowest BCUT2D eigenvalue weighted by Gasteiger charge is -2.10. The van der Waals surface area contributed by atoms with Gasteiger partial charge in [0.1, 0.15) is 0 Å². The molecule has 0 aliphatic carbocycles. The number of benzene rings is 1. The summed E-state index contributed by atoms with van der Waals surface area (Å²) in [6, 6.07) is 8.72. The van der Waals surface area contributed by atoms with Crippen LogP contribution in [0.5, 0.6) is 0 Å². The third kappa shape index (κ3) is 5.15. The van der Waals surface area contributed by atoms with Crippen molar-refractivity contribution in [2.24, 2.45) is 0 Å². The lowest BCUT2D eigenvalue weighted by atomic mass is 10.1. The molecule has 1 heterocycles. The van der Waals surface area contributed by atoms with Crippen LogP contribution in [-0.4, -0.2) is 45.3 Å². The van der Waals surface area contributed by atoms with Crippen molar-refractivity contribution >= 4 is 11.8 Å². The molecular formula is C15H23NO2S. The molecule has 0 fully saturated rings. The minimum absolute atomic E-state index is 0.685. The summed E-state index contributed by atoms with van der Waals surface area (Å²) >= 11 is 2.00. The van der Waals surface area contributed by atoms with E-state index in [4.69, 9.17) is 9.47 Å². The largest absolute Gasteiger partial charge is 0.382 e. The van der Waals surface area contributed by atoms with Crippen LogP contribution in [0.15, 0.2) is 29.2 Å². The first-order chi connectivity index (χ1) is 9.40. The van der Waals surface area contributed by atoms with Crippen molar-refractivity contribution in [1.82, 2.24) is 5.32 Å². The Hall–Kier alpha value is -0.550. The summed E-state index contributed by atoms with van der Waals surface area (Å²) in [7, 11) is 1.70. The zero-order valence-electron chi connectivity index (χ0n) is 11.6. The number of hydrogen-bond acceptors (Lipinski definition) is 4. The highest BCUT2D eigenvalue weighted by atomic mass is 32.2. The molecule has 1 aromatic rings. The van der Waals surface area contributed by atoms with E-state index in [-0.39, 0.29) is 0 Å². The summed E-state index contributed by atoms with van der Waals surface area (Å²) in [6.45, 7) is 4.31. The van der Waals surface area contributed by atoms with Gasteiger partial charge >= 0.3 is 0 Å². The van der Waals surface area contributed by atoms with Crippen molar-refractivity contribution in [2.45, 2.75) is 23.0 Å². The first-order valence-corrected chi connectivity index (χ1v) is 7.80. The van der Waals surface area contributed by atoms with Gasteiger partial charge in [0.2, 0.25) is 0 Å². The Morgan fingerprint density at radius 3 is 3.00 bits per heavy atom. The zero-order chi connectivity index (χ0) is 13.3. The molecule has 1 N–H and O–H groups in total. The summed E-state index contributed by atoms with van der Waals surface area (Å²) in [4.78, 5) is 1.46. The molecule has 0 spiro atoms. The van der Waals surface area contributed by atoms with E-state index in [1.807, 2.05) is 11.8 Å². The van der Waals surface area contributed by atoms with Crippen LogP contribution in [0.2, 0.25) is 0 Å². The van der Waals surface area contributed by atoms with E-state index < -0.39 is 0 Å². The van der Waals surface area contributed by atoms with E-state index in [0.717, 1.165) is 26.1 Å². The Labute approximate surface area is 120 Å². The van der Waals surface area contributed by atoms with Crippen LogP contribution in [0.3, 0.4) is 0 Å². The first-order valence-electron chi connectivity index (χ1n) is 6.92. The Kier molecular flexibility index (Phi) is 6.71. The second-order valence-corrected chi connectivity index (χ2v) is 6.06. The molecule has 0 saturated heterocycles. The van der Waals surface area contributed by atoms with Gasteiger partial charge in [0.25, 0.3) is 0 Å². The fourth-order valence-corrected chi connectivity index (χ4v) is 3.46. The average Bonchev–Trinajstić information content (AvgIpc) is 2.84. The lowest BCUT2D eigenvalue weighted by molar-refractivity contribution is 0.0695. The van der Waals surface area contributed by atoms with Crippen LogP contribution >= 0.6 is 11.8 Å². The smallest absolute Gasteiger partial charge is 0.0700 e. The molecule has 19 heavy (non-hydrogen) atoms. The number of thioether (sulfide) groups is 1. The summed E-state index contributed by atoms with van der Waals surface area (Å²) in [6.07, 6.45) is 2.26. The highest BCUT2D eigenvalue weighted by Gasteiger charge is 2.20. The summed E-state index contributed by atoms with van der Waals surface area (Å²) in [5.41, 5.74) is 1.50. The highest BCUT2D eigenvalue weighted by molar-refractivity contribution is 8.00. The fourth-order valence-electron chi connectivity index (χ4n) is 2.17. The van der Waals surface area contributed by atoms with Crippen molar-refractivity contribution in [3.63, 3.8) is 0 Å². The van der Waals surface area contributed by atoms with Crippen molar-refractivity contribution < 1.29 is 9.47 Å². The molecular weight excluding hydrogens is 258 g/mol. The van der Waals surface area contributed by atoms with E-state index in [1.54, 1.807) is 7.11 Å². The van der Waals surface area contributed by atoms with Crippen LogP contribution in [0, 0.1) is 0 Å². The predicted molar refractivity (Wildman–Crippen MR) is 80.0 cm³/mol. The van der Waals surface area contributed by atoms with Crippen molar-refractivity contribution in [3.05, 3.63) is 29.8 Å². The molecule has 1 aliphatic heterocycles. The Bertz CT molecular complexity index is 348. The van der Waals surface area contributed by atoms with Crippen LogP contribution in [0.1, 0.15) is 12.0 Å². The minimum Gasteiger partial charge on any atom is -0.382 e. The topological polar surface area (TPSA) is 30.5 Å². The maximum atomic E-state index is 5.43. The van der Waals surface area contributed by atoms with Gasteiger partial charge in [-0.1, -0.05) is 18.2 Å². The average molecular weight is 281 g/mol. The number of hydrogen-bond donors (Lipinski definition) is 1. The maximum absolute atomic E-state index is 5.43. The second-order valence-electron chi connectivity index (χ2n) is 4.71. The Balaban J connectivity index is 1.49. The first kappa shape index (κ1) is 14.9. The molecule has 2 rings (SSSR count). The zero-order valence-corrected chi connectivity index (χ0v) is 12.4.